The SMILES string of the molecule is Cc1n[nH]c2cc(Nc3nc4cccc(OC5COC[C@@H]5O)n4n3)ccc12. The van der Waals surface area contributed by atoms with Gasteiger partial charge in [-0.2, -0.15) is 14.6 Å². The molecule has 1 aromatic carbocycles. The van der Waals surface area contributed by atoms with Crippen LogP contribution in [0.15, 0.2) is 36.4 Å². The summed E-state index contributed by atoms with van der Waals surface area (Å²) in [6.07, 6.45) is -1.06. The normalized spacial score (nSPS) is 19.8. The first-order chi connectivity index (χ1) is 13.2. The van der Waals surface area contributed by atoms with Crippen molar-refractivity contribution in [2.24, 2.45) is 0 Å². The molecule has 9 heteroatoms. The number of anilines is 2. The summed E-state index contributed by atoms with van der Waals surface area (Å²) in [4.78, 5) is 4.49. The Bertz CT molecular complexity index is 1120. The zero-order chi connectivity index (χ0) is 18.4. The van der Waals surface area contributed by atoms with Gasteiger partial charge < -0.3 is 19.9 Å². The topological polar surface area (TPSA) is 110 Å². The van der Waals surface area contributed by atoms with Gasteiger partial charge in [0, 0.05) is 17.1 Å². The highest BCUT2D eigenvalue weighted by Crippen LogP contribution is 2.23. The van der Waals surface area contributed by atoms with Gasteiger partial charge in [-0.05, 0) is 31.2 Å². The molecule has 4 aromatic rings. The van der Waals surface area contributed by atoms with Crippen LogP contribution in [0.1, 0.15) is 5.69 Å². The zero-order valence-electron chi connectivity index (χ0n) is 14.6. The lowest BCUT2D eigenvalue weighted by Crippen LogP contribution is -2.30. The Balaban J connectivity index is 1.44. The smallest absolute Gasteiger partial charge is 0.247 e. The van der Waals surface area contributed by atoms with Gasteiger partial charge in [0.05, 0.1) is 24.4 Å². The molecule has 2 atom stereocenters. The van der Waals surface area contributed by atoms with Crippen molar-refractivity contribution in [3.8, 4) is 5.88 Å². The van der Waals surface area contributed by atoms with Gasteiger partial charge in [0.15, 0.2) is 11.8 Å². The fraction of sp³-hybridized carbons (Fsp3) is 0.278. The fourth-order valence-electron chi connectivity index (χ4n) is 3.18. The third-order valence-electron chi connectivity index (χ3n) is 4.61. The van der Waals surface area contributed by atoms with Gasteiger partial charge >= 0.3 is 0 Å². The number of aryl methyl sites for hydroxylation is 1. The number of aromatic nitrogens is 5. The zero-order valence-corrected chi connectivity index (χ0v) is 14.6. The standard InChI is InChI=1S/C18H18N6O3/c1-10-12-6-5-11(7-13(12)22-21-10)19-18-20-16-3-2-4-17(24(16)23-18)27-15-9-26-8-14(15)25/h2-7,14-15,25H,8-9H2,1H3,(H,19,23)(H,21,22)/t14-,15?/m0/s1. The van der Waals surface area contributed by atoms with Crippen LogP contribution in [0.4, 0.5) is 11.6 Å². The lowest BCUT2D eigenvalue weighted by atomic mass is 10.2. The summed E-state index contributed by atoms with van der Waals surface area (Å²) < 4.78 is 12.7. The van der Waals surface area contributed by atoms with Gasteiger partial charge in [-0.25, -0.2) is 0 Å². The molecule has 3 aromatic heterocycles. The molecule has 0 spiro atoms. The Morgan fingerprint density at radius 1 is 1.30 bits per heavy atom. The van der Waals surface area contributed by atoms with E-state index in [1.165, 1.54) is 0 Å². The number of fused-ring (bicyclic) bond motifs is 2. The van der Waals surface area contributed by atoms with Crippen LogP contribution in [-0.2, 0) is 4.74 Å². The predicted octanol–water partition coefficient (Wildman–Crippen LogP) is 1.80. The van der Waals surface area contributed by atoms with Crippen LogP contribution in [-0.4, -0.2) is 55.3 Å². The van der Waals surface area contributed by atoms with E-state index in [4.69, 9.17) is 9.47 Å². The molecular formula is C18H18N6O3. The maximum atomic E-state index is 9.89. The summed E-state index contributed by atoms with van der Waals surface area (Å²) in [6.45, 7) is 2.59. The van der Waals surface area contributed by atoms with Gasteiger partial charge in [-0.1, -0.05) is 6.07 Å². The molecule has 0 radical (unpaired) electrons. The van der Waals surface area contributed by atoms with Gasteiger partial charge in [-0.15, -0.1) is 5.10 Å². The second-order valence-corrected chi connectivity index (χ2v) is 6.52. The van der Waals surface area contributed by atoms with E-state index in [9.17, 15) is 5.11 Å². The number of H-pyrrole nitrogens is 1. The van der Waals surface area contributed by atoms with Crippen molar-refractivity contribution >= 4 is 28.2 Å². The van der Waals surface area contributed by atoms with E-state index in [2.05, 4.69) is 25.6 Å². The van der Waals surface area contributed by atoms with Crippen LogP contribution in [0.25, 0.3) is 16.6 Å². The summed E-state index contributed by atoms with van der Waals surface area (Å²) in [5, 5.41) is 25.9. The van der Waals surface area contributed by atoms with Crippen LogP contribution in [0.2, 0.25) is 0 Å². The molecular weight excluding hydrogens is 348 g/mol. The predicted molar refractivity (Wildman–Crippen MR) is 98.3 cm³/mol. The average molecular weight is 366 g/mol. The number of aliphatic hydroxyl groups excluding tert-OH is 1. The first kappa shape index (κ1) is 16.0. The monoisotopic (exact) mass is 366 g/mol. The van der Waals surface area contributed by atoms with Crippen molar-refractivity contribution in [2.75, 3.05) is 18.5 Å². The molecule has 1 fully saturated rings. The van der Waals surface area contributed by atoms with Gasteiger partial charge in [0.1, 0.15) is 6.10 Å². The largest absolute Gasteiger partial charge is 0.469 e. The number of benzene rings is 1. The Kier molecular flexibility index (Phi) is 3.69. The number of ether oxygens (including phenoxy) is 2. The second kappa shape index (κ2) is 6.22. The summed E-state index contributed by atoms with van der Waals surface area (Å²) in [5.74, 6) is 0.951. The maximum Gasteiger partial charge on any atom is 0.247 e. The summed E-state index contributed by atoms with van der Waals surface area (Å²) in [6, 6.07) is 11.4. The number of hydrogen-bond acceptors (Lipinski definition) is 7. The quantitative estimate of drug-likeness (QED) is 0.505. The highest BCUT2D eigenvalue weighted by atomic mass is 16.6. The van der Waals surface area contributed by atoms with Crippen LogP contribution in [0.3, 0.4) is 0 Å². The van der Waals surface area contributed by atoms with Gasteiger partial charge in [0.2, 0.25) is 11.8 Å². The van der Waals surface area contributed by atoms with Crippen LogP contribution < -0.4 is 10.1 Å². The first-order valence-corrected chi connectivity index (χ1v) is 8.67. The molecule has 0 saturated carbocycles. The number of aliphatic hydroxyl groups is 1. The average Bonchev–Trinajstić information content (AvgIpc) is 3.35. The van der Waals surface area contributed by atoms with E-state index in [-0.39, 0.29) is 6.61 Å². The number of nitrogens with zero attached hydrogens (tertiary/aromatic N) is 4. The minimum atomic E-state index is -0.647. The van der Waals surface area contributed by atoms with E-state index < -0.39 is 12.2 Å². The van der Waals surface area contributed by atoms with E-state index in [0.717, 1.165) is 22.3 Å². The van der Waals surface area contributed by atoms with Crippen LogP contribution in [0, 0.1) is 6.92 Å². The van der Waals surface area contributed by atoms with Gasteiger partial charge in [-0.3, -0.25) is 5.10 Å². The lowest BCUT2D eigenvalue weighted by Gasteiger charge is -2.15. The summed E-state index contributed by atoms with van der Waals surface area (Å²) in [7, 11) is 0. The Hall–Kier alpha value is -3.17. The Morgan fingerprint density at radius 3 is 3.07 bits per heavy atom. The van der Waals surface area contributed by atoms with Crippen molar-refractivity contribution in [1.82, 2.24) is 24.8 Å². The highest BCUT2D eigenvalue weighted by molar-refractivity contribution is 5.84. The second-order valence-electron chi connectivity index (χ2n) is 6.52. The molecule has 0 amide bonds. The Morgan fingerprint density at radius 2 is 2.22 bits per heavy atom. The number of aromatic amines is 1. The van der Waals surface area contributed by atoms with Gasteiger partial charge in [0.25, 0.3) is 0 Å². The first-order valence-electron chi connectivity index (χ1n) is 8.67. The minimum absolute atomic E-state index is 0.278. The van der Waals surface area contributed by atoms with E-state index in [0.29, 0.717) is 24.1 Å². The molecule has 0 aliphatic carbocycles. The molecule has 27 heavy (non-hydrogen) atoms. The maximum absolute atomic E-state index is 9.89. The molecule has 1 saturated heterocycles. The molecule has 3 N–H and O–H groups in total. The number of hydrogen-bond donors (Lipinski definition) is 3. The molecule has 138 valence electrons. The fourth-order valence-corrected chi connectivity index (χ4v) is 3.18. The number of nitrogens with one attached hydrogen (secondary N) is 2. The Labute approximate surface area is 153 Å². The van der Waals surface area contributed by atoms with E-state index in [1.807, 2.05) is 37.3 Å². The van der Waals surface area contributed by atoms with E-state index in [1.54, 1.807) is 10.6 Å². The van der Waals surface area contributed by atoms with Crippen molar-refractivity contribution in [1.29, 1.82) is 0 Å². The number of pyridine rings is 1. The molecule has 0 bridgehead atoms. The molecule has 1 aliphatic rings. The third-order valence-corrected chi connectivity index (χ3v) is 4.61. The third kappa shape index (κ3) is 2.86. The van der Waals surface area contributed by atoms with E-state index >= 15 is 0 Å². The molecule has 4 heterocycles. The number of rotatable bonds is 4. The van der Waals surface area contributed by atoms with Crippen molar-refractivity contribution in [2.45, 2.75) is 19.1 Å². The molecule has 5 rings (SSSR count). The summed E-state index contributed by atoms with van der Waals surface area (Å²) >= 11 is 0. The van der Waals surface area contributed by atoms with Crippen LogP contribution in [0.5, 0.6) is 5.88 Å². The van der Waals surface area contributed by atoms with Crippen molar-refractivity contribution < 1.29 is 14.6 Å². The molecule has 1 unspecified atom stereocenters. The highest BCUT2D eigenvalue weighted by Gasteiger charge is 2.28. The van der Waals surface area contributed by atoms with Crippen LogP contribution >= 0.6 is 0 Å². The molecule has 9 nitrogen and oxygen atoms in total. The molecule has 1 aliphatic heterocycles. The minimum Gasteiger partial charge on any atom is -0.469 e. The van der Waals surface area contributed by atoms with Crippen molar-refractivity contribution in [3.05, 3.63) is 42.1 Å². The van der Waals surface area contributed by atoms with Crippen molar-refractivity contribution in [3.63, 3.8) is 0 Å². The lowest BCUT2D eigenvalue weighted by molar-refractivity contribution is 0.0688. The summed E-state index contributed by atoms with van der Waals surface area (Å²) in [5.41, 5.74) is 3.40.